The summed E-state index contributed by atoms with van der Waals surface area (Å²) in [6.07, 6.45) is 8.37. The minimum Gasteiger partial charge on any atom is -0.370 e. The number of rotatable bonds is 2. The van der Waals surface area contributed by atoms with E-state index in [4.69, 9.17) is 0 Å². The fourth-order valence-electron chi connectivity index (χ4n) is 3.54. The number of nitrogens with zero attached hydrogens (tertiary/aromatic N) is 3. The van der Waals surface area contributed by atoms with E-state index >= 15 is 0 Å². The van der Waals surface area contributed by atoms with Crippen molar-refractivity contribution >= 4 is 11.6 Å². The number of hydrogen-bond donors (Lipinski definition) is 0. The summed E-state index contributed by atoms with van der Waals surface area (Å²) in [6.45, 7) is 8.46. The SMILES string of the molecule is CC1CCN(C(=O)c2cncc(N3CCCC(C)C3)c2)CC1. The quantitative estimate of drug-likeness (QED) is 0.841. The van der Waals surface area contributed by atoms with Gasteiger partial charge in [0, 0.05) is 32.4 Å². The molecule has 3 rings (SSSR count). The van der Waals surface area contributed by atoms with E-state index in [9.17, 15) is 4.79 Å². The molecule has 22 heavy (non-hydrogen) atoms. The van der Waals surface area contributed by atoms with Crippen LogP contribution in [0.4, 0.5) is 5.69 Å². The standard InChI is InChI=1S/C18H27N3O/c1-14-5-8-20(9-6-14)18(22)16-10-17(12-19-11-16)21-7-3-4-15(2)13-21/h10-12,14-15H,3-9,13H2,1-2H3. The van der Waals surface area contributed by atoms with Crippen molar-refractivity contribution in [3.05, 3.63) is 24.0 Å². The van der Waals surface area contributed by atoms with Gasteiger partial charge in [0.15, 0.2) is 0 Å². The Morgan fingerprint density at radius 2 is 1.86 bits per heavy atom. The molecule has 2 fully saturated rings. The van der Waals surface area contributed by atoms with Crippen LogP contribution in [-0.2, 0) is 0 Å². The van der Waals surface area contributed by atoms with Gasteiger partial charge in [0.05, 0.1) is 17.4 Å². The summed E-state index contributed by atoms with van der Waals surface area (Å²) in [7, 11) is 0. The van der Waals surface area contributed by atoms with Gasteiger partial charge in [-0.15, -0.1) is 0 Å². The van der Waals surface area contributed by atoms with Crippen molar-refractivity contribution in [2.45, 2.75) is 39.5 Å². The lowest BCUT2D eigenvalue weighted by molar-refractivity contribution is 0.0697. The van der Waals surface area contributed by atoms with Crippen LogP contribution in [0.1, 0.15) is 49.9 Å². The predicted molar refractivity (Wildman–Crippen MR) is 89.1 cm³/mol. The van der Waals surface area contributed by atoms with Crippen molar-refractivity contribution in [3.8, 4) is 0 Å². The molecule has 0 radical (unpaired) electrons. The molecule has 2 aliphatic heterocycles. The van der Waals surface area contributed by atoms with E-state index in [1.165, 1.54) is 12.8 Å². The second kappa shape index (κ2) is 6.67. The molecular formula is C18H27N3O. The summed E-state index contributed by atoms with van der Waals surface area (Å²) in [5, 5.41) is 0. The van der Waals surface area contributed by atoms with Gasteiger partial charge in [0.25, 0.3) is 5.91 Å². The Labute approximate surface area is 133 Å². The monoisotopic (exact) mass is 301 g/mol. The van der Waals surface area contributed by atoms with Crippen molar-refractivity contribution in [1.82, 2.24) is 9.88 Å². The molecule has 0 spiro atoms. The number of anilines is 1. The molecule has 0 saturated carbocycles. The molecule has 1 amide bonds. The fourth-order valence-corrected chi connectivity index (χ4v) is 3.54. The summed E-state index contributed by atoms with van der Waals surface area (Å²) in [5.41, 5.74) is 1.84. The van der Waals surface area contributed by atoms with Gasteiger partial charge in [-0.2, -0.15) is 0 Å². The average Bonchev–Trinajstić information content (AvgIpc) is 2.55. The van der Waals surface area contributed by atoms with Crippen molar-refractivity contribution in [1.29, 1.82) is 0 Å². The van der Waals surface area contributed by atoms with Crippen LogP contribution in [0.15, 0.2) is 18.5 Å². The van der Waals surface area contributed by atoms with E-state index in [-0.39, 0.29) is 5.91 Å². The third-order valence-electron chi connectivity index (χ3n) is 5.06. The molecule has 1 aromatic heterocycles. The van der Waals surface area contributed by atoms with Gasteiger partial charge >= 0.3 is 0 Å². The predicted octanol–water partition coefficient (Wildman–Crippen LogP) is 3.19. The number of pyridine rings is 1. The van der Waals surface area contributed by atoms with E-state index in [2.05, 4.69) is 23.7 Å². The number of carbonyl (C=O) groups is 1. The van der Waals surface area contributed by atoms with Gasteiger partial charge < -0.3 is 9.80 Å². The van der Waals surface area contributed by atoms with E-state index < -0.39 is 0 Å². The smallest absolute Gasteiger partial charge is 0.255 e. The van der Waals surface area contributed by atoms with E-state index in [0.717, 1.165) is 62.1 Å². The zero-order valence-electron chi connectivity index (χ0n) is 13.8. The van der Waals surface area contributed by atoms with Crippen LogP contribution < -0.4 is 4.90 Å². The first-order valence-corrected chi connectivity index (χ1v) is 8.63. The molecule has 0 N–H and O–H groups in total. The zero-order valence-corrected chi connectivity index (χ0v) is 13.8. The Balaban J connectivity index is 1.71. The summed E-state index contributed by atoms with van der Waals surface area (Å²) in [4.78, 5) is 21.4. The number of aromatic nitrogens is 1. The molecule has 1 atom stereocenters. The van der Waals surface area contributed by atoms with Crippen LogP contribution in [0.5, 0.6) is 0 Å². The van der Waals surface area contributed by atoms with Crippen LogP contribution in [0, 0.1) is 11.8 Å². The molecule has 2 aliphatic rings. The Morgan fingerprint density at radius 3 is 2.59 bits per heavy atom. The Kier molecular flexibility index (Phi) is 4.65. The third-order valence-corrected chi connectivity index (χ3v) is 5.06. The largest absolute Gasteiger partial charge is 0.370 e. The van der Waals surface area contributed by atoms with Gasteiger partial charge in [-0.25, -0.2) is 0 Å². The lowest BCUT2D eigenvalue weighted by Crippen LogP contribution is -2.38. The molecule has 1 unspecified atom stereocenters. The Morgan fingerprint density at radius 1 is 1.09 bits per heavy atom. The normalized spacial score (nSPS) is 23.6. The molecule has 0 aromatic carbocycles. The number of hydrogen-bond acceptors (Lipinski definition) is 3. The minimum atomic E-state index is 0.145. The second-order valence-electron chi connectivity index (χ2n) is 7.10. The molecule has 2 saturated heterocycles. The average molecular weight is 301 g/mol. The van der Waals surface area contributed by atoms with Gasteiger partial charge in [0.1, 0.15) is 0 Å². The maximum atomic E-state index is 12.7. The van der Waals surface area contributed by atoms with Gasteiger partial charge in [-0.1, -0.05) is 13.8 Å². The number of likely N-dealkylation sites (tertiary alicyclic amines) is 1. The lowest BCUT2D eigenvalue weighted by Gasteiger charge is -2.33. The number of carbonyl (C=O) groups excluding carboxylic acids is 1. The highest BCUT2D eigenvalue weighted by Gasteiger charge is 2.23. The number of piperidine rings is 2. The van der Waals surface area contributed by atoms with Crippen LogP contribution >= 0.6 is 0 Å². The van der Waals surface area contributed by atoms with Crippen LogP contribution in [0.3, 0.4) is 0 Å². The third kappa shape index (κ3) is 3.42. The molecule has 120 valence electrons. The summed E-state index contributed by atoms with van der Waals surface area (Å²) >= 11 is 0. The van der Waals surface area contributed by atoms with E-state index in [1.807, 2.05) is 17.2 Å². The maximum Gasteiger partial charge on any atom is 0.255 e. The van der Waals surface area contributed by atoms with E-state index in [0.29, 0.717) is 0 Å². The van der Waals surface area contributed by atoms with Gasteiger partial charge in [0.2, 0.25) is 0 Å². The highest BCUT2D eigenvalue weighted by Crippen LogP contribution is 2.24. The van der Waals surface area contributed by atoms with Gasteiger partial charge in [-0.3, -0.25) is 9.78 Å². The highest BCUT2D eigenvalue weighted by atomic mass is 16.2. The van der Waals surface area contributed by atoms with Crippen molar-refractivity contribution in [3.63, 3.8) is 0 Å². The molecule has 3 heterocycles. The molecule has 4 nitrogen and oxygen atoms in total. The number of amides is 1. The maximum absolute atomic E-state index is 12.7. The summed E-state index contributed by atoms with van der Waals surface area (Å²) in [6, 6.07) is 2.03. The van der Waals surface area contributed by atoms with Gasteiger partial charge in [-0.05, 0) is 43.6 Å². The summed E-state index contributed by atoms with van der Waals surface area (Å²) in [5.74, 6) is 1.60. The fraction of sp³-hybridized carbons (Fsp3) is 0.667. The van der Waals surface area contributed by atoms with Crippen LogP contribution in [0.25, 0.3) is 0 Å². The van der Waals surface area contributed by atoms with Crippen LogP contribution in [0.2, 0.25) is 0 Å². The Bertz CT molecular complexity index is 523. The highest BCUT2D eigenvalue weighted by molar-refractivity contribution is 5.94. The molecular weight excluding hydrogens is 274 g/mol. The lowest BCUT2D eigenvalue weighted by atomic mass is 9.98. The second-order valence-corrected chi connectivity index (χ2v) is 7.10. The first-order valence-electron chi connectivity index (χ1n) is 8.63. The summed E-state index contributed by atoms with van der Waals surface area (Å²) < 4.78 is 0. The van der Waals surface area contributed by atoms with Crippen LogP contribution in [-0.4, -0.2) is 42.0 Å². The van der Waals surface area contributed by atoms with Crippen molar-refractivity contribution in [2.75, 3.05) is 31.1 Å². The minimum absolute atomic E-state index is 0.145. The zero-order chi connectivity index (χ0) is 15.5. The first kappa shape index (κ1) is 15.3. The van der Waals surface area contributed by atoms with Crippen molar-refractivity contribution in [2.24, 2.45) is 11.8 Å². The topological polar surface area (TPSA) is 36.4 Å². The first-order chi connectivity index (χ1) is 10.6. The van der Waals surface area contributed by atoms with Crippen molar-refractivity contribution < 1.29 is 4.79 Å². The molecule has 0 aliphatic carbocycles. The molecule has 0 bridgehead atoms. The van der Waals surface area contributed by atoms with E-state index in [1.54, 1.807) is 6.20 Å². The Hall–Kier alpha value is -1.58. The molecule has 4 heteroatoms. The molecule has 1 aromatic rings.